The molecule has 3 N–H and O–H groups in total. The Kier molecular flexibility index (Phi) is 8.63. The van der Waals surface area contributed by atoms with Crippen LogP contribution in [0.1, 0.15) is 31.9 Å². The third-order valence-corrected chi connectivity index (χ3v) is 5.74. The van der Waals surface area contributed by atoms with Crippen LogP contribution in [0.2, 0.25) is 0 Å². The molecule has 1 aromatic carbocycles. The SMILES string of the molecule is CNCCN(C)C(=O)Nc1ncc(C#Cc2cc(C(=O)Nc3cc(C(F)(F)F)ccn3)ccc2C)s1. The van der Waals surface area contributed by atoms with Crippen molar-refractivity contribution in [3.05, 3.63) is 69.9 Å². The summed E-state index contributed by atoms with van der Waals surface area (Å²) in [4.78, 5) is 34.8. The first-order valence-electron chi connectivity index (χ1n) is 10.7. The van der Waals surface area contributed by atoms with Crippen LogP contribution in [-0.2, 0) is 6.18 Å². The molecule has 0 spiro atoms. The molecule has 0 unspecified atom stereocenters. The van der Waals surface area contributed by atoms with E-state index in [9.17, 15) is 22.8 Å². The van der Waals surface area contributed by atoms with Crippen molar-refractivity contribution in [3.8, 4) is 11.8 Å². The number of anilines is 2. The molecule has 0 bridgehead atoms. The molecule has 36 heavy (non-hydrogen) atoms. The molecular weight excluding hydrogens is 493 g/mol. The molecule has 0 radical (unpaired) electrons. The van der Waals surface area contributed by atoms with Crippen molar-refractivity contribution < 1.29 is 22.8 Å². The third kappa shape index (κ3) is 7.27. The largest absolute Gasteiger partial charge is 0.416 e. The summed E-state index contributed by atoms with van der Waals surface area (Å²) < 4.78 is 38.7. The predicted octanol–water partition coefficient (Wildman–Crippen LogP) is 4.20. The fraction of sp³-hybridized carbons (Fsp3) is 0.250. The second-order valence-corrected chi connectivity index (χ2v) is 8.68. The zero-order chi connectivity index (χ0) is 26.3. The molecule has 8 nitrogen and oxygen atoms in total. The Labute approximate surface area is 210 Å². The summed E-state index contributed by atoms with van der Waals surface area (Å²) in [6, 6.07) is 6.10. The minimum Gasteiger partial charge on any atom is -0.326 e. The number of likely N-dealkylation sites (N-methyl/N-ethyl adjacent to an activating group) is 2. The number of urea groups is 1. The first-order valence-corrected chi connectivity index (χ1v) is 11.5. The Morgan fingerprint density at radius 2 is 1.89 bits per heavy atom. The summed E-state index contributed by atoms with van der Waals surface area (Å²) >= 11 is 1.20. The highest BCUT2D eigenvalue weighted by Gasteiger charge is 2.30. The lowest BCUT2D eigenvalue weighted by atomic mass is 10.0. The summed E-state index contributed by atoms with van der Waals surface area (Å²) in [6.45, 7) is 3.01. The first kappa shape index (κ1) is 26.7. The monoisotopic (exact) mass is 516 g/mol. The van der Waals surface area contributed by atoms with Gasteiger partial charge in [0.15, 0.2) is 5.13 Å². The third-order valence-electron chi connectivity index (χ3n) is 4.91. The van der Waals surface area contributed by atoms with Crippen molar-refractivity contribution in [3.63, 3.8) is 0 Å². The molecule has 0 fully saturated rings. The zero-order valence-corrected chi connectivity index (χ0v) is 20.5. The molecule has 3 aromatic rings. The number of alkyl halides is 3. The molecule has 3 amide bonds. The van der Waals surface area contributed by atoms with Crippen LogP contribution in [0.3, 0.4) is 0 Å². The summed E-state index contributed by atoms with van der Waals surface area (Å²) in [5, 5.41) is 8.46. The second kappa shape index (κ2) is 11.7. The van der Waals surface area contributed by atoms with Gasteiger partial charge < -0.3 is 15.5 Å². The van der Waals surface area contributed by atoms with Crippen molar-refractivity contribution in [1.29, 1.82) is 0 Å². The number of hydrogen-bond donors (Lipinski definition) is 3. The molecule has 0 aliphatic heterocycles. The number of aromatic nitrogens is 2. The van der Waals surface area contributed by atoms with Crippen LogP contribution in [0.4, 0.5) is 28.9 Å². The summed E-state index contributed by atoms with van der Waals surface area (Å²) in [7, 11) is 3.48. The zero-order valence-electron chi connectivity index (χ0n) is 19.7. The number of carbonyl (C=O) groups is 2. The Balaban J connectivity index is 1.70. The standard InChI is InChI=1S/C24H23F3N6O2S/c1-15-4-5-17(21(34)31-20-13-18(8-9-29-20)24(25,26)27)12-16(15)6-7-19-14-30-22(36-19)32-23(35)33(3)11-10-28-2/h4-5,8-9,12-14,28H,10-11H2,1-3H3,(H,29,31,34)(H,30,32,35). The van der Waals surface area contributed by atoms with E-state index in [2.05, 4.69) is 37.8 Å². The highest BCUT2D eigenvalue weighted by atomic mass is 32.1. The maximum absolute atomic E-state index is 12.9. The topological polar surface area (TPSA) is 99.3 Å². The predicted molar refractivity (Wildman–Crippen MR) is 132 cm³/mol. The van der Waals surface area contributed by atoms with E-state index in [4.69, 9.17) is 0 Å². The average Bonchev–Trinajstić information content (AvgIpc) is 3.28. The van der Waals surface area contributed by atoms with Crippen LogP contribution in [0.5, 0.6) is 0 Å². The van der Waals surface area contributed by atoms with Crippen LogP contribution in [0.15, 0.2) is 42.7 Å². The van der Waals surface area contributed by atoms with Crippen LogP contribution in [-0.4, -0.2) is 54.0 Å². The van der Waals surface area contributed by atoms with E-state index >= 15 is 0 Å². The Morgan fingerprint density at radius 3 is 2.61 bits per heavy atom. The lowest BCUT2D eigenvalue weighted by Crippen LogP contribution is -2.35. The van der Waals surface area contributed by atoms with Gasteiger partial charge in [0.1, 0.15) is 5.82 Å². The second-order valence-electron chi connectivity index (χ2n) is 7.65. The average molecular weight is 517 g/mol. The van der Waals surface area contributed by atoms with E-state index in [0.29, 0.717) is 28.7 Å². The molecule has 12 heteroatoms. The molecular formula is C24H23F3N6O2S. The van der Waals surface area contributed by atoms with E-state index in [0.717, 1.165) is 23.9 Å². The van der Waals surface area contributed by atoms with E-state index in [-0.39, 0.29) is 17.4 Å². The minimum atomic E-state index is -4.54. The van der Waals surface area contributed by atoms with Crippen molar-refractivity contribution in [1.82, 2.24) is 20.2 Å². The lowest BCUT2D eigenvalue weighted by molar-refractivity contribution is -0.137. The maximum Gasteiger partial charge on any atom is 0.416 e. The van der Waals surface area contributed by atoms with Crippen molar-refractivity contribution in [2.45, 2.75) is 13.1 Å². The number of carbonyl (C=O) groups excluding carboxylic acids is 2. The molecule has 188 valence electrons. The Morgan fingerprint density at radius 1 is 1.11 bits per heavy atom. The number of aryl methyl sites for hydroxylation is 1. The number of rotatable bonds is 6. The van der Waals surface area contributed by atoms with E-state index in [1.807, 2.05) is 6.92 Å². The number of amides is 3. The van der Waals surface area contributed by atoms with Gasteiger partial charge in [0.25, 0.3) is 5.91 Å². The van der Waals surface area contributed by atoms with Gasteiger partial charge in [-0.1, -0.05) is 23.3 Å². The van der Waals surface area contributed by atoms with Gasteiger partial charge >= 0.3 is 12.2 Å². The van der Waals surface area contributed by atoms with Crippen LogP contribution in [0, 0.1) is 18.8 Å². The maximum atomic E-state index is 12.9. The molecule has 0 saturated heterocycles. The van der Waals surface area contributed by atoms with E-state index in [1.54, 1.807) is 32.3 Å². The number of nitrogens with one attached hydrogen (secondary N) is 3. The quantitative estimate of drug-likeness (QED) is 0.427. The van der Waals surface area contributed by atoms with Gasteiger partial charge in [0.2, 0.25) is 0 Å². The number of benzene rings is 1. The van der Waals surface area contributed by atoms with Crippen molar-refractivity contribution >= 4 is 34.2 Å². The lowest BCUT2D eigenvalue weighted by Gasteiger charge is -2.16. The van der Waals surface area contributed by atoms with Gasteiger partial charge in [-0.2, -0.15) is 13.2 Å². The van der Waals surface area contributed by atoms with Crippen LogP contribution < -0.4 is 16.0 Å². The van der Waals surface area contributed by atoms with Gasteiger partial charge in [-0.25, -0.2) is 14.8 Å². The summed E-state index contributed by atoms with van der Waals surface area (Å²) in [6.07, 6.45) is -2.03. The van der Waals surface area contributed by atoms with Gasteiger partial charge in [0.05, 0.1) is 16.6 Å². The number of thiazole rings is 1. The molecule has 0 saturated carbocycles. The number of nitrogens with zero attached hydrogens (tertiary/aromatic N) is 3. The highest BCUT2D eigenvalue weighted by molar-refractivity contribution is 7.16. The summed E-state index contributed by atoms with van der Waals surface area (Å²) in [5.41, 5.74) is 0.671. The molecule has 2 aromatic heterocycles. The Bertz CT molecular complexity index is 1310. The van der Waals surface area contributed by atoms with Gasteiger partial charge in [-0.3, -0.25) is 10.1 Å². The smallest absolute Gasteiger partial charge is 0.326 e. The van der Waals surface area contributed by atoms with E-state index < -0.39 is 17.6 Å². The summed E-state index contributed by atoms with van der Waals surface area (Å²) in [5.74, 6) is 5.12. The number of hydrogen-bond acceptors (Lipinski definition) is 6. The van der Waals surface area contributed by atoms with Crippen molar-refractivity contribution in [2.24, 2.45) is 0 Å². The molecule has 0 atom stereocenters. The fourth-order valence-corrected chi connectivity index (χ4v) is 3.51. The van der Waals surface area contributed by atoms with Gasteiger partial charge in [-0.15, -0.1) is 0 Å². The van der Waals surface area contributed by atoms with Crippen molar-refractivity contribution in [2.75, 3.05) is 37.8 Å². The Hall–Kier alpha value is -3.95. The van der Waals surface area contributed by atoms with Crippen LogP contribution in [0.25, 0.3) is 0 Å². The normalized spacial score (nSPS) is 10.8. The van der Waals surface area contributed by atoms with Gasteiger partial charge in [0, 0.05) is 37.5 Å². The number of pyridine rings is 1. The highest BCUT2D eigenvalue weighted by Crippen LogP contribution is 2.30. The fourth-order valence-electron chi connectivity index (χ4n) is 2.85. The van der Waals surface area contributed by atoms with Gasteiger partial charge in [-0.05, 0) is 49.7 Å². The van der Waals surface area contributed by atoms with E-state index in [1.165, 1.54) is 22.4 Å². The number of halogens is 3. The van der Waals surface area contributed by atoms with Crippen LogP contribution >= 0.6 is 11.3 Å². The first-order chi connectivity index (χ1) is 17.1. The molecule has 0 aliphatic carbocycles. The molecule has 0 aliphatic rings. The minimum absolute atomic E-state index is 0.209. The molecule has 3 rings (SSSR count). The molecule has 2 heterocycles.